The molecule has 3 aliphatic rings. The SMILES string of the molecule is COC(=O)[C@@H]1C[C@@]2(CN1C(=O)[C@@H](NC(=O)OC(C)(C)C)C(C)(C)C)C(C)(C)C21CCC1. The van der Waals surface area contributed by atoms with Crippen molar-refractivity contribution in [2.75, 3.05) is 13.7 Å². The number of hydrogen-bond acceptors (Lipinski definition) is 5. The molecule has 7 heteroatoms. The Hall–Kier alpha value is -1.79. The lowest BCUT2D eigenvalue weighted by Gasteiger charge is -2.36. The molecule has 3 fully saturated rings. The molecule has 2 saturated carbocycles. The van der Waals surface area contributed by atoms with E-state index in [1.807, 2.05) is 20.8 Å². The first kappa shape index (κ1) is 23.9. The van der Waals surface area contributed by atoms with Gasteiger partial charge in [-0.15, -0.1) is 0 Å². The Balaban J connectivity index is 1.89. The van der Waals surface area contributed by atoms with Crippen molar-refractivity contribution < 1.29 is 23.9 Å². The molecule has 2 aliphatic carbocycles. The predicted octanol–water partition coefficient (Wildman–Crippen LogP) is 3.90. The number of carbonyl (C=O) groups excluding carboxylic acids is 3. The monoisotopic (exact) mass is 436 g/mol. The maximum absolute atomic E-state index is 13.8. The molecule has 3 rings (SSSR count). The van der Waals surface area contributed by atoms with E-state index in [2.05, 4.69) is 19.2 Å². The van der Waals surface area contributed by atoms with Crippen LogP contribution in [0.15, 0.2) is 0 Å². The lowest BCUT2D eigenvalue weighted by Crippen LogP contribution is -2.57. The highest BCUT2D eigenvalue weighted by molar-refractivity contribution is 5.91. The van der Waals surface area contributed by atoms with E-state index in [1.165, 1.54) is 13.5 Å². The maximum atomic E-state index is 13.8. The zero-order valence-corrected chi connectivity index (χ0v) is 20.7. The molecule has 0 bridgehead atoms. The Labute approximate surface area is 186 Å². The van der Waals surface area contributed by atoms with Gasteiger partial charge in [0.1, 0.15) is 17.7 Å². The largest absolute Gasteiger partial charge is 0.467 e. The van der Waals surface area contributed by atoms with Gasteiger partial charge in [-0.1, -0.05) is 41.0 Å². The molecule has 31 heavy (non-hydrogen) atoms. The summed E-state index contributed by atoms with van der Waals surface area (Å²) in [7, 11) is 1.37. The number of hydrogen-bond donors (Lipinski definition) is 1. The molecule has 1 heterocycles. The number of carbonyl (C=O) groups is 3. The molecular weight excluding hydrogens is 396 g/mol. The van der Waals surface area contributed by atoms with Gasteiger partial charge in [0.05, 0.1) is 7.11 Å². The van der Waals surface area contributed by atoms with E-state index in [1.54, 1.807) is 25.7 Å². The van der Waals surface area contributed by atoms with Gasteiger partial charge in [-0.3, -0.25) is 4.79 Å². The highest BCUT2D eigenvalue weighted by Crippen LogP contribution is 2.88. The molecule has 0 aromatic heterocycles. The summed E-state index contributed by atoms with van der Waals surface area (Å²) >= 11 is 0. The van der Waals surface area contributed by atoms with E-state index in [0.717, 1.165) is 12.8 Å². The Morgan fingerprint density at radius 3 is 2.00 bits per heavy atom. The molecule has 0 unspecified atom stereocenters. The summed E-state index contributed by atoms with van der Waals surface area (Å²) in [6.07, 6.45) is 3.49. The van der Waals surface area contributed by atoms with Crippen molar-refractivity contribution in [1.82, 2.24) is 10.2 Å². The third-order valence-corrected chi connectivity index (χ3v) is 8.34. The topological polar surface area (TPSA) is 84.9 Å². The van der Waals surface area contributed by atoms with Crippen LogP contribution in [-0.4, -0.2) is 54.2 Å². The third-order valence-electron chi connectivity index (χ3n) is 8.34. The second-order valence-electron chi connectivity index (χ2n) is 12.3. The third kappa shape index (κ3) is 3.52. The number of methoxy groups -OCH3 is 1. The quantitative estimate of drug-likeness (QED) is 0.679. The average molecular weight is 437 g/mol. The first-order valence-corrected chi connectivity index (χ1v) is 11.4. The summed E-state index contributed by atoms with van der Waals surface area (Å²) in [5, 5.41) is 2.78. The lowest BCUT2D eigenvalue weighted by atomic mass is 9.73. The van der Waals surface area contributed by atoms with Crippen LogP contribution in [0.2, 0.25) is 0 Å². The number of fused-ring (bicyclic) bond motifs is 1. The van der Waals surface area contributed by atoms with Crippen LogP contribution < -0.4 is 5.32 Å². The summed E-state index contributed by atoms with van der Waals surface area (Å²) in [5.41, 5.74) is -1.01. The minimum absolute atomic E-state index is 0.0683. The van der Waals surface area contributed by atoms with Gasteiger partial charge in [0.25, 0.3) is 0 Å². The van der Waals surface area contributed by atoms with Crippen LogP contribution in [0.25, 0.3) is 0 Å². The van der Waals surface area contributed by atoms with Gasteiger partial charge < -0.3 is 19.7 Å². The molecule has 1 saturated heterocycles. The van der Waals surface area contributed by atoms with Crippen LogP contribution in [0, 0.1) is 21.7 Å². The minimum atomic E-state index is -0.816. The fourth-order valence-electron chi connectivity index (χ4n) is 6.42. The number of ether oxygens (including phenoxy) is 2. The number of nitrogens with zero attached hydrogens (tertiary/aromatic N) is 1. The second-order valence-corrected chi connectivity index (χ2v) is 12.3. The fourth-order valence-corrected chi connectivity index (χ4v) is 6.42. The first-order valence-electron chi connectivity index (χ1n) is 11.4. The Morgan fingerprint density at radius 1 is 1.03 bits per heavy atom. The van der Waals surface area contributed by atoms with Crippen LogP contribution in [0.1, 0.15) is 81.1 Å². The molecule has 7 nitrogen and oxygen atoms in total. The summed E-state index contributed by atoms with van der Waals surface area (Å²) in [4.78, 5) is 40.7. The molecule has 1 aliphatic heterocycles. The van der Waals surface area contributed by atoms with Gasteiger partial charge in [-0.05, 0) is 56.3 Å². The van der Waals surface area contributed by atoms with Crippen LogP contribution in [0.3, 0.4) is 0 Å². The highest BCUT2D eigenvalue weighted by atomic mass is 16.6. The predicted molar refractivity (Wildman–Crippen MR) is 117 cm³/mol. The lowest BCUT2D eigenvalue weighted by molar-refractivity contribution is -0.152. The van der Waals surface area contributed by atoms with Gasteiger partial charge in [0.15, 0.2) is 0 Å². The normalized spacial score (nSPS) is 29.3. The van der Waals surface area contributed by atoms with Crippen molar-refractivity contribution in [2.45, 2.75) is 98.8 Å². The molecule has 2 amide bonds. The smallest absolute Gasteiger partial charge is 0.408 e. The molecule has 3 atom stereocenters. The Kier molecular flexibility index (Phi) is 5.47. The van der Waals surface area contributed by atoms with Crippen molar-refractivity contribution in [3.8, 4) is 0 Å². The minimum Gasteiger partial charge on any atom is -0.467 e. The average Bonchev–Trinajstić information content (AvgIpc) is 2.85. The Morgan fingerprint density at radius 2 is 1.61 bits per heavy atom. The number of nitrogens with one attached hydrogen (secondary N) is 1. The van der Waals surface area contributed by atoms with E-state index < -0.39 is 29.2 Å². The highest BCUT2D eigenvalue weighted by Gasteiger charge is 2.85. The zero-order valence-electron chi connectivity index (χ0n) is 20.7. The number of rotatable bonds is 3. The van der Waals surface area contributed by atoms with Crippen LogP contribution in [-0.2, 0) is 19.1 Å². The number of likely N-dealkylation sites (tertiary alicyclic amines) is 1. The van der Waals surface area contributed by atoms with E-state index in [-0.39, 0.29) is 28.1 Å². The van der Waals surface area contributed by atoms with Crippen molar-refractivity contribution in [3.63, 3.8) is 0 Å². The molecule has 2 spiro atoms. The van der Waals surface area contributed by atoms with Crippen molar-refractivity contribution >= 4 is 18.0 Å². The van der Waals surface area contributed by atoms with Gasteiger partial charge in [-0.2, -0.15) is 0 Å². The van der Waals surface area contributed by atoms with Crippen LogP contribution >= 0.6 is 0 Å². The summed E-state index contributed by atoms with van der Waals surface area (Å²) < 4.78 is 10.5. The van der Waals surface area contributed by atoms with Gasteiger partial charge in [0.2, 0.25) is 5.91 Å². The van der Waals surface area contributed by atoms with Gasteiger partial charge in [0, 0.05) is 12.0 Å². The summed E-state index contributed by atoms with van der Waals surface area (Å²) in [5.74, 6) is -0.630. The van der Waals surface area contributed by atoms with E-state index >= 15 is 0 Å². The van der Waals surface area contributed by atoms with Crippen molar-refractivity contribution in [1.29, 1.82) is 0 Å². The van der Waals surface area contributed by atoms with Gasteiger partial charge in [-0.25, -0.2) is 9.59 Å². The number of esters is 1. The molecule has 0 radical (unpaired) electrons. The standard InChI is InChI=1S/C24H40N2O5/c1-20(2,3)16(25-19(29)31-21(4,5)6)17(27)26-14-24(13-15(26)18(28)30-9)22(7,8)23(24)11-10-12-23/h15-16H,10-14H2,1-9H3,(H,25,29)/t15-,16+,24+/m0/s1. The fraction of sp³-hybridized carbons (Fsp3) is 0.875. The van der Waals surface area contributed by atoms with Gasteiger partial charge >= 0.3 is 12.1 Å². The van der Waals surface area contributed by atoms with E-state index in [0.29, 0.717) is 13.0 Å². The van der Waals surface area contributed by atoms with E-state index in [9.17, 15) is 14.4 Å². The van der Waals surface area contributed by atoms with E-state index in [4.69, 9.17) is 9.47 Å². The molecular formula is C24H40N2O5. The zero-order chi connectivity index (χ0) is 23.6. The van der Waals surface area contributed by atoms with Crippen LogP contribution in [0.5, 0.6) is 0 Å². The maximum Gasteiger partial charge on any atom is 0.408 e. The second kappa shape index (κ2) is 7.11. The number of amides is 2. The molecule has 0 aromatic carbocycles. The Bertz CT molecular complexity index is 772. The first-order chi connectivity index (χ1) is 14.0. The van der Waals surface area contributed by atoms with Crippen molar-refractivity contribution in [3.05, 3.63) is 0 Å². The molecule has 0 aromatic rings. The van der Waals surface area contributed by atoms with Crippen LogP contribution in [0.4, 0.5) is 4.79 Å². The molecule has 176 valence electrons. The van der Waals surface area contributed by atoms with Crippen molar-refractivity contribution in [2.24, 2.45) is 21.7 Å². The summed E-state index contributed by atoms with van der Waals surface area (Å²) in [6, 6.07) is -1.44. The summed E-state index contributed by atoms with van der Waals surface area (Å²) in [6.45, 7) is 16.1. The molecule has 1 N–H and O–H groups in total. The number of alkyl carbamates (subject to hydrolysis) is 1.